The Kier molecular flexibility index (Phi) is 6.92. The van der Waals surface area contributed by atoms with Crippen molar-refractivity contribution in [3.63, 3.8) is 0 Å². The van der Waals surface area contributed by atoms with Crippen LogP contribution in [0.3, 0.4) is 0 Å². The molecule has 0 spiro atoms. The van der Waals surface area contributed by atoms with Crippen molar-refractivity contribution >= 4 is 40.4 Å². The van der Waals surface area contributed by atoms with Gasteiger partial charge in [-0.1, -0.05) is 55.7 Å². The number of amides is 3. The SMILES string of the molecule is CC1C(=O)N(C(=O)[C@@H](NC(=O)Cc2cccs2)C2CCCCC2)c2cccc(N)c2-c2ccccc21. The maximum Gasteiger partial charge on any atom is 0.256 e. The summed E-state index contributed by atoms with van der Waals surface area (Å²) in [6.07, 6.45) is 5.04. The van der Waals surface area contributed by atoms with Gasteiger partial charge in [-0.15, -0.1) is 11.3 Å². The van der Waals surface area contributed by atoms with Gasteiger partial charge < -0.3 is 11.1 Å². The van der Waals surface area contributed by atoms with Crippen molar-refractivity contribution in [2.45, 2.75) is 57.4 Å². The van der Waals surface area contributed by atoms with Gasteiger partial charge in [0.25, 0.3) is 5.91 Å². The van der Waals surface area contributed by atoms with Crippen LogP contribution in [0.5, 0.6) is 0 Å². The van der Waals surface area contributed by atoms with E-state index in [2.05, 4.69) is 5.32 Å². The molecule has 2 aliphatic rings. The highest BCUT2D eigenvalue weighted by Crippen LogP contribution is 2.44. The lowest BCUT2D eigenvalue weighted by atomic mass is 9.83. The van der Waals surface area contributed by atoms with Crippen molar-refractivity contribution in [1.29, 1.82) is 0 Å². The number of imide groups is 1. The molecule has 1 aliphatic heterocycles. The summed E-state index contributed by atoms with van der Waals surface area (Å²) in [5.41, 5.74) is 9.81. The number of nitrogens with two attached hydrogens (primary N) is 1. The topological polar surface area (TPSA) is 92.5 Å². The lowest BCUT2D eigenvalue weighted by molar-refractivity contribution is -0.132. The third kappa shape index (κ3) is 4.55. The third-order valence-corrected chi connectivity index (χ3v) is 8.32. The van der Waals surface area contributed by atoms with Crippen molar-refractivity contribution in [2.24, 2.45) is 5.92 Å². The number of hydrogen-bond acceptors (Lipinski definition) is 5. The predicted molar refractivity (Wildman–Crippen MR) is 144 cm³/mol. The Balaban J connectivity index is 1.55. The molecule has 1 aliphatic carbocycles. The van der Waals surface area contributed by atoms with E-state index in [0.29, 0.717) is 16.9 Å². The molecule has 3 amide bonds. The van der Waals surface area contributed by atoms with Gasteiger partial charge in [0.2, 0.25) is 11.8 Å². The van der Waals surface area contributed by atoms with Gasteiger partial charge in [-0.25, -0.2) is 4.90 Å². The zero-order chi connectivity index (χ0) is 25.2. The second kappa shape index (κ2) is 10.3. The van der Waals surface area contributed by atoms with Gasteiger partial charge in [-0.05, 0) is 60.4 Å². The van der Waals surface area contributed by atoms with Crippen LogP contribution in [0.25, 0.3) is 11.1 Å². The maximum atomic E-state index is 14.3. The number of nitrogens with zero attached hydrogens (tertiary/aromatic N) is 1. The van der Waals surface area contributed by atoms with E-state index >= 15 is 0 Å². The largest absolute Gasteiger partial charge is 0.398 e. The minimum atomic E-state index is -0.774. The second-order valence-corrected chi connectivity index (χ2v) is 10.8. The predicted octanol–water partition coefficient (Wildman–Crippen LogP) is 5.28. The normalized spacial score (nSPS) is 18.6. The van der Waals surface area contributed by atoms with Crippen LogP contribution in [0.15, 0.2) is 60.0 Å². The van der Waals surface area contributed by atoms with E-state index in [4.69, 9.17) is 5.73 Å². The van der Waals surface area contributed by atoms with Crippen LogP contribution in [0.2, 0.25) is 0 Å². The monoisotopic (exact) mass is 501 g/mol. The molecule has 1 fully saturated rings. The number of fused-ring (bicyclic) bond motifs is 3. The molecule has 2 aromatic carbocycles. The summed E-state index contributed by atoms with van der Waals surface area (Å²) in [7, 11) is 0. The minimum Gasteiger partial charge on any atom is -0.398 e. The number of thiophene rings is 1. The molecule has 6 nitrogen and oxygen atoms in total. The zero-order valence-corrected chi connectivity index (χ0v) is 21.2. The number of anilines is 2. The Hall–Kier alpha value is -3.45. The van der Waals surface area contributed by atoms with Crippen molar-refractivity contribution in [2.75, 3.05) is 10.6 Å². The fraction of sp³-hybridized carbons (Fsp3) is 0.345. The van der Waals surface area contributed by atoms with E-state index in [-0.39, 0.29) is 30.1 Å². The number of nitrogen functional groups attached to an aromatic ring is 1. The lowest BCUT2D eigenvalue weighted by Crippen LogP contribution is -2.55. The van der Waals surface area contributed by atoms with E-state index in [1.165, 1.54) is 16.2 Å². The standard InChI is InChI=1S/C29H31N3O3S/c1-18-21-12-5-6-13-22(21)26-23(30)14-7-15-24(26)32(28(18)34)29(35)27(19-9-3-2-4-10-19)31-25(33)17-20-11-8-16-36-20/h5-8,11-16,18-19,27H,2-4,9-10,17,30H2,1H3,(H,31,33)/t18?,27-/m0/s1. The molecular formula is C29H31N3O3S. The van der Waals surface area contributed by atoms with Crippen LogP contribution in [-0.4, -0.2) is 23.8 Å². The zero-order valence-electron chi connectivity index (χ0n) is 20.4. The smallest absolute Gasteiger partial charge is 0.256 e. The lowest BCUT2D eigenvalue weighted by Gasteiger charge is -2.34. The van der Waals surface area contributed by atoms with Crippen LogP contribution in [0.4, 0.5) is 11.4 Å². The van der Waals surface area contributed by atoms with Crippen LogP contribution in [-0.2, 0) is 20.8 Å². The van der Waals surface area contributed by atoms with Gasteiger partial charge in [-0.3, -0.25) is 14.4 Å². The van der Waals surface area contributed by atoms with Gasteiger partial charge in [0.15, 0.2) is 0 Å². The Labute approximate surface area is 215 Å². The van der Waals surface area contributed by atoms with Crippen LogP contribution in [0, 0.1) is 5.92 Å². The molecule has 1 aromatic heterocycles. The number of carbonyl (C=O) groups is 3. The second-order valence-electron chi connectivity index (χ2n) is 9.76. The van der Waals surface area contributed by atoms with Crippen LogP contribution >= 0.6 is 11.3 Å². The Morgan fingerprint density at radius 1 is 1.06 bits per heavy atom. The first kappa shape index (κ1) is 24.3. The molecule has 5 rings (SSSR count). The quantitative estimate of drug-likeness (QED) is 0.465. The first-order valence-electron chi connectivity index (χ1n) is 12.6. The Morgan fingerprint density at radius 3 is 2.58 bits per heavy atom. The van der Waals surface area contributed by atoms with Gasteiger partial charge in [-0.2, -0.15) is 0 Å². The molecule has 3 N–H and O–H groups in total. The Morgan fingerprint density at radius 2 is 1.83 bits per heavy atom. The summed E-state index contributed by atoms with van der Waals surface area (Å²) < 4.78 is 0. The van der Waals surface area contributed by atoms with E-state index < -0.39 is 12.0 Å². The van der Waals surface area contributed by atoms with E-state index in [1.54, 1.807) is 18.2 Å². The summed E-state index contributed by atoms with van der Waals surface area (Å²) in [6, 6.07) is 16.1. The molecule has 1 unspecified atom stereocenters. The summed E-state index contributed by atoms with van der Waals surface area (Å²) in [6.45, 7) is 1.83. The van der Waals surface area contributed by atoms with E-state index in [0.717, 1.165) is 48.1 Å². The molecule has 0 bridgehead atoms. The minimum absolute atomic E-state index is 0.0169. The van der Waals surface area contributed by atoms with Crippen LogP contribution < -0.4 is 16.0 Å². The average molecular weight is 502 g/mol. The fourth-order valence-electron chi connectivity index (χ4n) is 5.60. The van der Waals surface area contributed by atoms with Gasteiger partial charge in [0.05, 0.1) is 18.0 Å². The fourth-order valence-corrected chi connectivity index (χ4v) is 6.30. The highest BCUT2D eigenvalue weighted by Gasteiger charge is 2.41. The number of benzene rings is 2. The molecule has 7 heteroatoms. The van der Waals surface area contributed by atoms with E-state index in [1.807, 2.05) is 48.7 Å². The molecule has 2 heterocycles. The molecule has 2 atom stereocenters. The molecule has 36 heavy (non-hydrogen) atoms. The molecule has 0 radical (unpaired) electrons. The summed E-state index contributed by atoms with van der Waals surface area (Å²) in [5.74, 6) is -1.43. The van der Waals surface area contributed by atoms with Gasteiger partial charge >= 0.3 is 0 Å². The first-order chi connectivity index (χ1) is 17.5. The highest BCUT2D eigenvalue weighted by molar-refractivity contribution is 7.10. The van der Waals surface area contributed by atoms with Crippen molar-refractivity contribution in [1.82, 2.24) is 5.32 Å². The van der Waals surface area contributed by atoms with Crippen molar-refractivity contribution in [3.8, 4) is 11.1 Å². The Bertz CT molecular complexity index is 1280. The summed E-state index contributed by atoms with van der Waals surface area (Å²) >= 11 is 1.51. The maximum absolute atomic E-state index is 14.3. The number of carbonyl (C=O) groups excluding carboxylic acids is 3. The molecular weight excluding hydrogens is 470 g/mol. The number of hydrogen-bond donors (Lipinski definition) is 2. The van der Waals surface area contributed by atoms with Gasteiger partial charge in [0.1, 0.15) is 6.04 Å². The highest BCUT2D eigenvalue weighted by atomic mass is 32.1. The number of rotatable bonds is 5. The number of nitrogens with one attached hydrogen (secondary N) is 1. The van der Waals surface area contributed by atoms with Crippen molar-refractivity contribution in [3.05, 3.63) is 70.4 Å². The van der Waals surface area contributed by atoms with Gasteiger partial charge in [0, 0.05) is 16.1 Å². The average Bonchev–Trinajstić information content (AvgIpc) is 3.37. The van der Waals surface area contributed by atoms with E-state index in [9.17, 15) is 14.4 Å². The summed E-state index contributed by atoms with van der Waals surface area (Å²) in [4.78, 5) is 43.5. The molecule has 3 aromatic rings. The first-order valence-corrected chi connectivity index (χ1v) is 13.5. The summed E-state index contributed by atoms with van der Waals surface area (Å²) in [5, 5.41) is 4.97. The molecule has 0 saturated heterocycles. The van der Waals surface area contributed by atoms with Crippen molar-refractivity contribution < 1.29 is 14.4 Å². The molecule has 1 saturated carbocycles. The van der Waals surface area contributed by atoms with Crippen LogP contribution in [0.1, 0.15) is 55.4 Å². The molecule has 186 valence electrons. The third-order valence-electron chi connectivity index (χ3n) is 7.44.